The molecule has 0 atom stereocenters. The summed E-state index contributed by atoms with van der Waals surface area (Å²) in [5.41, 5.74) is -0.535. The molecule has 5 nitrogen and oxygen atoms in total. The highest BCUT2D eigenvalue weighted by atomic mass is 32.2. The predicted octanol–water partition coefficient (Wildman–Crippen LogP) is 2.15. The lowest BCUT2D eigenvalue weighted by atomic mass is 10.1. The number of hydrogen-bond acceptors (Lipinski definition) is 4. The van der Waals surface area contributed by atoms with Crippen molar-refractivity contribution in [1.82, 2.24) is 0 Å². The van der Waals surface area contributed by atoms with E-state index in [4.69, 9.17) is 5.11 Å². The molecule has 0 aromatic heterocycles. The molecular weight excluding hydrogens is 266 g/mol. The van der Waals surface area contributed by atoms with Crippen molar-refractivity contribution in [3.63, 3.8) is 0 Å². The minimum atomic E-state index is -3.23. The van der Waals surface area contributed by atoms with Gasteiger partial charge in [0.15, 0.2) is 9.84 Å². The Kier molecular flexibility index (Phi) is 4.57. The maximum absolute atomic E-state index is 11.8. The summed E-state index contributed by atoms with van der Waals surface area (Å²) in [6, 6.07) is 6.14. The Morgan fingerprint density at radius 1 is 1.26 bits per heavy atom. The van der Waals surface area contributed by atoms with Crippen molar-refractivity contribution in [1.29, 1.82) is 0 Å². The van der Waals surface area contributed by atoms with Gasteiger partial charge in [-0.3, -0.25) is 0 Å². The fourth-order valence-corrected chi connectivity index (χ4v) is 2.87. The van der Waals surface area contributed by atoms with Gasteiger partial charge in [0.05, 0.1) is 10.6 Å². The lowest BCUT2D eigenvalue weighted by Gasteiger charge is -2.22. The van der Waals surface area contributed by atoms with E-state index in [0.717, 1.165) is 0 Å². The highest BCUT2D eigenvalue weighted by Gasteiger charge is 2.26. The molecule has 6 heteroatoms. The van der Waals surface area contributed by atoms with E-state index in [1.165, 1.54) is 26.0 Å². The number of nitrogens with one attached hydrogen (secondary N) is 1. The number of carboxylic acid groups (broad SMARTS) is 1. The molecule has 0 saturated heterocycles. The van der Waals surface area contributed by atoms with Gasteiger partial charge in [-0.05, 0) is 44.5 Å². The minimum Gasteiger partial charge on any atom is -0.480 e. The molecule has 0 radical (unpaired) electrons. The summed E-state index contributed by atoms with van der Waals surface area (Å²) < 4.78 is 23.6. The van der Waals surface area contributed by atoms with Crippen LogP contribution in [0.25, 0.3) is 0 Å². The highest BCUT2D eigenvalue weighted by Crippen LogP contribution is 2.19. The van der Waals surface area contributed by atoms with Crippen molar-refractivity contribution >= 4 is 21.5 Å². The third-order valence-electron chi connectivity index (χ3n) is 2.68. The second-order valence-corrected chi connectivity index (χ2v) is 7.01. The molecule has 0 heterocycles. The van der Waals surface area contributed by atoms with Crippen LogP contribution in [0.1, 0.15) is 27.2 Å². The Balaban J connectivity index is 2.92. The van der Waals surface area contributed by atoms with E-state index < -0.39 is 21.3 Å². The van der Waals surface area contributed by atoms with Gasteiger partial charge in [0.2, 0.25) is 0 Å². The number of sulfone groups is 1. The van der Waals surface area contributed by atoms with Gasteiger partial charge in [0, 0.05) is 5.69 Å². The van der Waals surface area contributed by atoms with Crippen LogP contribution in [0.5, 0.6) is 0 Å². The number of benzene rings is 1. The largest absolute Gasteiger partial charge is 0.480 e. The zero-order valence-corrected chi connectivity index (χ0v) is 12.1. The zero-order valence-electron chi connectivity index (χ0n) is 11.3. The summed E-state index contributed by atoms with van der Waals surface area (Å²) in [5, 5.41) is 11.8. The van der Waals surface area contributed by atoms with Crippen LogP contribution in [-0.2, 0) is 14.6 Å². The quantitative estimate of drug-likeness (QED) is 0.836. The van der Waals surface area contributed by atoms with Crippen LogP contribution in [0, 0.1) is 0 Å². The van der Waals surface area contributed by atoms with Crippen LogP contribution in [0.4, 0.5) is 5.69 Å². The number of rotatable bonds is 6. The van der Waals surface area contributed by atoms with E-state index in [1.807, 2.05) is 6.92 Å². The fraction of sp³-hybridized carbons (Fsp3) is 0.462. The monoisotopic (exact) mass is 285 g/mol. The van der Waals surface area contributed by atoms with E-state index in [1.54, 1.807) is 12.1 Å². The molecule has 0 amide bonds. The average molecular weight is 285 g/mol. The normalized spacial score (nSPS) is 12.2. The molecule has 1 aromatic rings. The molecule has 19 heavy (non-hydrogen) atoms. The van der Waals surface area contributed by atoms with Gasteiger partial charge in [-0.2, -0.15) is 0 Å². The standard InChI is InChI=1S/C13H19NO4S/c1-4-9-19(17,18)11-7-5-10(6-8-11)14-13(2,3)12(15)16/h5-8,14H,4,9H2,1-3H3,(H,15,16). The van der Waals surface area contributed by atoms with Gasteiger partial charge in [0.1, 0.15) is 5.54 Å². The van der Waals surface area contributed by atoms with E-state index in [9.17, 15) is 13.2 Å². The molecule has 0 bridgehead atoms. The summed E-state index contributed by atoms with van der Waals surface area (Å²) in [4.78, 5) is 11.2. The molecule has 0 fully saturated rings. The molecule has 0 saturated carbocycles. The van der Waals surface area contributed by atoms with Crippen LogP contribution in [-0.4, -0.2) is 30.8 Å². The van der Waals surface area contributed by atoms with Crippen LogP contribution in [0.15, 0.2) is 29.2 Å². The first-order chi connectivity index (χ1) is 8.69. The molecule has 0 unspecified atom stereocenters. The molecular formula is C13H19NO4S. The van der Waals surface area contributed by atoms with E-state index in [-0.39, 0.29) is 10.6 Å². The fourth-order valence-electron chi connectivity index (χ4n) is 1.55. The van der Waals surface area contributed by atoms with E-state index >= 15 is 0 Å². The third-order valence-corrected chi connectivity index (χ3v) is 4.61. The number of carboxylic acids is 1. The van der Waals surface area contributed by atoms with Crippen molar-refractivity contribution in [2.24, 2.45) is 0 Å². The second-order valence-electron chi connectivity index (χ2n) is 4.90. The summed E-state index contributed by atoms with van der Waals surface area (Å²) in [5.74, 6) is -0.865. The first kappa shape index (κ1) is 15.5. The Morgan fingerprint density at radius 2 is 1.79 bits per heavy atom. The Labute approximate surface area is 113 Å². The molecule has 106 valence electrons. The molecule has 1 rings (SSSR count). The summed E-state index contributed by atoms with van der Waals surface area (Å²) in [6.07, 6.45) is 0.564. The summed E-state index contributed by atoms with van der Waals surface area (Å²) in [6.45, 7) is 4.89. The topological polar surface area (TPSA) is 83.5 Å². The molecule has 0 spiro atoms. The summed E-state index contributed by atoms with van der Waals surface area (Å²) >= 11 is 0. The van der Waals surface area contributed by atoms with E-state index in [0.29, 0.717) is 12.1 Å². The lowest BCUT2D eigenvalue weighted by molar-refractivity contribution is -0.141. The maximum Gasteiger partial charge on any atom is 0.328 e. The van der Waals surface area contributed by atoms with Gasteiger partial charge in [-0.15, -0.1) is 0 Å². The van der Waals surface area contributed by atoms with Gasteiger partial charge < -0.3 is 10.4 Å². The minimum absolute atomic E-state index is 0.112. The summed E-state index contributed by atoms with van der Waals surface area (Å²) in [7, 11) is -3.23. The smallest absolute Gasteiger partial charge is 0.328 e. The average Bonchev–Trinajstić information content (AvgIpc) is 2.28. The third kappa shape index (κ3) is 3.96. The van der Waals surface area contributed by atoms with Crippen LogP contribution < -0.4 is 5.32 Å². The zero-order chi connectivity index (χ0) is 14.7. The van der Waals surface area contributed by atoms with Crippen molar-refractivity contribution in [3.05, 3.63) is 24.3 Å². The number of anilines is 1. The van der Waals surface area contributed by atoms with Gasteiger partial charge >= 0.3 is 5.97 Å². The first-order valence-corrected chi connectivity index (χ1v) is 7.68. The maximum atomic E-state index is 11.8. The second kappa shape index (κ2) is 5.61. The van der Waals surface area contributed by atoms with Crippen molar-refractivity contribution in [3.8, 4) is 0 Å². The highest BCUT2D eigenvalue weighted by molar-refractivity contribution is 7.91. The van der Waals surface area contributed by atoms with Crippen LogP contribution in [0.2, 0.25) is 0 Å². The Morgan fingerprint density at radius 3 is 2.21 bits per heavy atom. The van der Waals surface area contributed by atoms with Gasteiger partial charge in [0.25, 0.3) is 0 Å². The van der Waals surface area contributed by atoms with E-state index in [2.05, 4.69) is 5.32 Å². The van der Waals surface area contributed by atoms with Crippen LogP contribution >= 0.6 is 0 Å². The first-order valence-electron chi connectivity index (χ1n) is 6.03. The van der Waals surface area contributed by atoms with Gasteiger partial charge in [-0.25, -0.2) is 13.2 Å². The molecule has 2 N–H and O–H groups in total. The number of aliphatic carboxylic acids is 1. The van der Waals surface area contributed by atoms with Crippen molar-refractivity contribution < 1.29 is 18.3 Å². The molecule has 1 aromatic carbocycles. The predicted molar refractivity (Wildman–Crippen MR) is 74.1 cm³/mol. The van der Waals surface area contributed by atoms with Crippen molar-refractivity contribution in [2.75, 3.05) is 11.1 Å². The Bertz CT molecular complexity index is 547. The number of carbonyl (C=O) groups is 1. The van der Waals surface area contributed by atoms with Gasteiger partial charge in [-0.1, -0.05) is 6.92 Å². The SMILES string of the molecule is CCCS(=O)(=O)c1ccc(NC(C)(C)C(=O)O)cc1. The van der Waals surface area contributed by atoms with Crippen molar-refractivity contribution in [2.45, 2.75) is 37.6 Å². The number of hydrogen-bond donors (Lipinski definition) is 2. The molecule has 0 aliphatic rings. The lowest BCUT2D eigenvalue weighted by Crippen LogP contribution is -2.39. The molecule has 0 aliphatic carbocycles. The molecule has 0 aliphatic heterocycles. The Hall–Kier alpha value is -1.56. The van der Waals surface area contributed by atoms with Crippen LogP contribution in [0.3, 0.4) is 0 Å².